The summed E-state index contributed by atoms with van der Waals surface area (Å²) >= 11 is 0. The first-order valence-electron chi connectivity index (χ1n) is 12.7. The monoisotopic (exact) mass is 550 g/mol. The Morgan fingerprint density at radius 3 is 2.10 bits per heavy atom. The standard InChI is InChI=1S/C30H26F4N4O2/c1-20-26(19-27(21-10-12-23(31)13-11-21)38(20)25-8-3-2-4-9-25)28(39)36-14-16-37(17-15-36)29(40)35-24-7-5-6-22(18-24)30(32,33)34/h2-13,18-19H,14-17H2,1H3,(H,35,40). The van der Waals surface area contributed by atoms with Crippen LogP contribution >= 0.6 is 0 Å². The lowest BCUT2D eigenvalue weighted by Crippen LogP contribution is -2.51. The molecule has 1 aromatic heterocycles. The van der Waals surface area contributed by atoms with E-state index < -0.39 is 17.8 Å². The van der Waals surface area contributed by atoms with Crippen molar-refractivity contribution in [1.82, 2.24) is 14.4 Å². The van der Waals surface area contributed by atoms with Gasteiger partial charge in [0.05, 0.1) is 16.8 Å². The van der Waals surface area contributed by atoms with Crippen LogP contribution in [0.3, 0.4) is 0 Å². The van der Waals surface area contributed by atoms with E-state index in [1.165, 1.54) is 29.2 Å². The van der Waals surface area contributed by atoms with Crippen LogP contribution in [-0.4, -0.2) is 52.5 Å². The summed E-state index contributed by atoms with van der Waals surface area (Å²) in [5.74, 6) is -0.557. The molecule has 10 heteroatoms. The first-order valence-corrected chi connectivity index (χ1v) is 12.7. The second kappa shape index (κ2) is 10.9. The highest BCUT2D eigenvalue weighted by Crippen LogP contribution is 2.32. The Bertz CT molecular complexity index is 1520. The maximum atomic E-state index is 13.6. The van der Waals surface area contributed by atoms with E-state index in [4.69, 9.17) is 0 Å². The minimum Gasteiger partial charge on any atom is -0.335 e. The average Bonchev–Trinajstić information content (AvgIpc) is 3.30. The van der Waals surface area contributed by atoms with Crippen molar-refractivity contribution >= 4 is 17.6 Å². The molecule has 4 aromatic rings. The van der Waals surface area contributed by atoms with Crippen LogP contribution in [0.5, 0.6) is 0 Å². The fourth-order valence-electron chi connectivity index (χ4n) is 4.82. The molecule has 0 spiro atoms. The number of anilines is 1. The van der Waals surface area contributed by atoms with Gasteiger partial charge in [0.2, 0.25) is 0 Å². The van der Waals surface area contributed by atoms with E-state index in [1.54, 1.807) is 23.1 Å². The molecule has 1 N–H and O–H groups in total. The highest BCUT2D eigenvalue weighted by atomic mass is 19.4. The molecule has 3 aromatic carbocycles. The summed E-state index contributed by atoms with van der Waals surface area (Å²) in [4.78, 5) is 29.5. The molecule has 1 saturated heterocycles. The third-order valence-electron chi connectivity index (χ3n) is 6.93. The first kappa shape index (κ1) is 27.0. The molecular formula is C30H26F4N4O2. The molecule has 0 aliphatic carbocycles. The van der Waals surface area contributed by atoms with Gasteiger partial charge in [0, 0.05) is 43.2 Å². The second-order valence-corrected chi connectivity index (χ2v) is 9.49. The number of hydrogen-bond donors (Lipinski definition) is 1. The van der Waals surface area contributed by atoms with Gasteiger partial charge in [0.25, 0.3) is 5.91 Å². The molecule has 2 heterocycles. The zero-order valence-corrected chi connectivity index (χ0v) is 21.6. The van der Waals surface area contributed by atoms with Crippen molar-refractivity contribution in [2.75, 3.05) is 31.5 Å². The van der Waals surface area contributed by atoms with Gasteiger partial charge >= 0.3 is 12.2 Å². The minimum atomic E-state index is -4.51. The zero-order valence-electron chi connectivity index (χ0n) is 21.6. The molecule has 40 heavy (non-hydrogen) atoms. The molecule has 0 saturated carbocycles. The lowest BCUT2D eigenvalue weighted by Gasteiger charge is -2.34. The summed E-state index contributed by atoms with van der Waals surface area (Å²) in [5, 5.41) is 2.51. The predicted molar refractivity (Wildman–Crippen MR) is 144 cm³/mol. The molecule has 1 aliphatic rings. The zero-order chi connectivity index (χ0) is 28.4. The van der Waals surface area contributed by atoms with Crippen LogP contribution < -0.4 is 5.32 Å². The van der Waals surface area contributed by atoms with E-state index in [0.29, 0.717) is 5.56 Å². The fourth-order valence-corrected chi connectivity index (χ4v) is 4.82. The predicted octanol–water partition coefficient (Wildman–Crippen LogP) is 6.60. The lowest BCUT2D eigenvalue weighted by molar-refractivity contribution is -0.137. The number of urea groups is 1. The van der Waals surface area contributed by atoms with Crippen molar-refractivity contribution in [1.29, 1.82) is 0 Å². The van der Waals surface area contributed by atoms with Gasteiger partial charge in [0.15, 0.2) is 0 Å². The van der Waals surface area contributed by atoms with Crippen molar-refractivity contribution < 1.29 is 27.2 Å². The number of amides is 3. The third kappa shape index (κ3) is 5.56. The SMILES string of the molecule is Cc1c(C(=O)N2CCN(C(=O)Nc3cccc(C(F)(F)F)c3)CC2)cc(-c2ccc(F)cc2)n1-c1ccccc1. The normalized spacial score (nSPS) is 13.8. The van der Waals surface area contributed by atoms with Gasteiger partial charge in [-0.25, -0.2) is 9.18 Å². The largest absolute Gasteiger partial charge is 0.416 e. The van der Waals surface area contributed by atoms with E-state index >= 15 is 0 Å². The van der Waals surface area contributed by atoms with Crippen LogP contribution in [0.15, 0.2) is 84.9 Å². The van der Waals surface area contributed by atoms with E-state index in [2.05, 4.69) is 5.32 Å². The summed E-state index contributed by atoms with van der Waals surface area (Å²) < 4.78 is 54.6. The van der Waals surface area contributed by atoms with Crippen LogP contribution in [0.1, 0.15) is 21.6 Å². The van der Waals surface area contributed by atoms with Crippen LogP contribution in [0.25, 0.3) is 16.9 Å². The number of alkyl halides is 3. The molecule has 6 nitrogen and oxygen atoms in total. The summed E-state index contributed by atoms with van der Waals surface area (Å²) in [7, 11) is 0. The molecule has 0 unspecified atom stereocenters. The quantitative estimate of drug-likeness (QED) is 0.291. The molecular weight excluding hydrogens is 524 g/mol. The number of carbonyl (C=O) groups excluding carboxylic acids is 2. The van der Waals surface area contributed by atoms with Crippen molar-refractivity contribution in [2.24, 2.45) is 0 Å². The Kier molecular flexibility index (Phi) is 7.34. The van der Waals surface area contributed by atoms with Crippen molar-refractivity contribution in [3.8, 4) is 16.9 Å². The molecule has 0 radical (unpaired) electrons. The topological polar surface area (TPSA) is 57.6 Å². The van der Waals surface area contributed by atoms with Gasteiger partial charge in [-0.05, 0) is 73.2 Å². The molecule has 0 atom stereocenters. The number of rotatable bonds is 4. The number of halogens is 4. The number of piperazine rings is 1. The van der Waals surface area contributed by atoms with Gasteiger partial charge in [0.1, 0.15) is 5.82 Å². The van der Waals surface area contributed by atoms with Gasteiger partial charge in [-0.1, -0.05) is 24.3 Å². The minimum absolute atomic E-state index is 0.0459. The number of aromatic nitrogens is 1. The van der Waals surface area contributed by atoms with Gasteiger partial charge in [-0.15, -0.1) is 0 Å². The van der Waals surface area contributed by atoms with Crippen LogP contribution in [0.2, 0.25) is 0 Å². The Balaban J connectivity index is 1.32. The Labute approximate surface area is 228 Å². The maximum absolute atomic E-state index is 13.6. The van der Waals surface area contributed by atoms with Crippen LogP contribution in [0.4, 0.5) is 28.0 Å². The highest BCUT2D eigenvalue weighted by Gasteiger charge is 2.31. The number of nitrogens with one attached hydrogen (secondary N) is 1. The maximum Gasteiger partial charge on any atom is 0.416 e. The highest BCUT2D eigenvalue weighted by molar-refractivity contribution is 5.97. The van der Waals surface area contributed by atoms with E-state index in [-0.39, 0.29) is 43.6 Å². The summed E-state index contributed by atoms with van der Waals surface area (Å²) in [6.45, 7) is 2.82. The molecule has 0 bridgehead atoms. The smallest absolute Gasteiger partial charge is 0.335 e. The Morgan fingerprint density at radius 2 is 1.45 bits per heavy atom. The van der Waals surface area contributed by atoms with E-state index in [1.807, 2.05) is 41.8 Å². The lowest BCUT2D eigenvalue weighted by atomic mass is 10.1. The Morgan fingerprint density at radius 1 is 0.800 bits per heavy atom. The van der Waals surface area contributed by atoms with Crippen LogP contribution in [-0.2, 0) is 6.18 Å². The summed E-state index contributed by atoms with van der Waals surface area (Å²) in [6, 6.07) is 21.3. The molecule has 5 rings (SSSR count). The summed E-state index contributed by atoms with van der Waals surface area (Å²) in [6.07, 6.45) is -4.51. The number of carbonyl (C=O) groups is 2. The average molecular weight is 551 g/mol. The van der Waals surface area contributed by atoms with Gasteiger partial charge in [-0.3, -0.25) is 4.79 Å². The number of para-hydroxylation sites is 1. The Hall–Kier alpha value is -4.60. The number of hydrogen-bond acceptors (Lipinski definition) is 2. The number of nitrogens with zero attached hydrogens (tertiary/aromatic N) is 3. The molecule has 3 amide bonds. The van der Waals surface area contributed by atoms with Crippen molar-refractivity contribution in [3.05, 3.63) is 108 Å². The van der Waals surface area contributed by atoms with Gasteiger partial charge in [-0.2, -0.15) is 13.2 Å². The summed E-state index contributed by atoms with van der Waals surface area (Å²) in [5.41, 5.74) is 2.76. The van der Waals surface area contributed by atoms with Crippen LogP contribution in [0, 0.1) is 12.7 Å². The second-order valence-electron chi connectivity index (χ2n) is 9.49. The van der Waals surface area contributed by atoms with E-state index in [9.17, 15) is 27.2 Å². The van der Waals surface area contributed by atoms with Crippen molar-refractivity contribution in [3.63, 3.8) is 0 Å². The number of benzene rings is 3. The fraction of sp³-hybridized carbons (Fsp3) is 0.200. The third-order valence-corrected chi connectivity index (χ3v) is 6.93. The molecule has 206 valence electrons. The van der Waals surface area contributed by atoms with Gasteiger partial charge < -0.3 is 19.7 Å². The van der Waals surface area contributed by atoms with Crippen molar-refractivity contribution in [2.45, 2.75) is 13.1 Å². The first-order chi connectivity index (χ1) is 19.1. The van der Waals surface area contributed by atoms with E-state index in [0.717, 1.165) is 34.8 Å². The molecule has 1 aliphatic heterocycles. The molecule has 1 fully saturated rings.